The molecule has 1 amide bonds. The number of amides is 1. The van der Waals surface area contributed by atoms with Crippen LogP contribution in [0.25, 0.3) is 0 Å². The normalized spacial score (nSPS) is 20.5. The summed E-state index contributed by atoms with van der Waals surface area (Å²) in [6.07, 6.45) is -0.856. The molecule has 0 aromatic heterocycles. The predicted molar refractivity (Wildman–Crippen MR) is 46.6 cm³/mol. The largest absolute Gasteiger partial charge is 0.369 e. The maximum Gasteiger partial charge on any atom is 0.255 e. The molecule has 0 fully saturated rings. The number of benzene rings is 1. The summed E-state index contributed by atoms with van der Waals surface area (Å²) >= 11 is 3.24. The molecule has 0 bridgehead atoms. The van der Waals surface area contributed by atoms with Gasteiger partial charge in [0.1, 0.15) is 0 Å². The van der Waals surface area contributed by atoms with Crippen LogP contribution in [-0.2, 0) is 0 Å². The number of hydrogen-bond acceptors (Lipinski definition) is 2. The van der Waals surface area contributed by atoms with E-state index in [4.69, 9.17) is 0 Å². The molecule has 12 heavy (non-hydrogen) atoms. The van der Waals surface area contributed by atoms with Gasteiger partial charge in [0.15, 0.2) is 6.23 Å². The average Bonchev–Trinajstić information content (AvgIpc) is 2.29. The molecule has 1 atom stereocenters. The second-order valence-electron chi connectivity index (χ2n) is 2.58. The van der Waals surface area contributed by atoms with Crippen LogP contribution < -0.4 is 5.32 Å². The van der Waals surface area contributed by atoms with Crippen molar-refractivity contribution in [3.8, 4) is 0 Å². The van der Waals surface area contributed by atoms with Crippen LogP contribution in [0.4, 0.5) is 0 Å². The quantitative estimate of drug-likeness (QED) is 0.700. The first kappa shape index (κ1) is 7.76. The molecule has 3 nitrogen and oxygen atoms in total. The Labute approximate surface area is 77.5 Å². The van der Waals surface area contributed by atoms with E-state index >= 15 is 0 Å². The highest BCUT2D eigenvalue weighted by molar-refractivity contribution is 9.10. The zero-order valence-corrected chi connectivity index (χ0v) is 7.63. The van der Waals surface area contributed by atoms with Crippen molar-refractivity contribution in [2.45, 2.75) is 6.23 Å². The average molecular weight is 228 g/mol. The molecule has 1 aliphatic rings. The van der Waals surface area contributed by atoms with Crippen molar-refractivity contribution in [3.05, 3.63) is 33.8 Å². The van der Waals surface area contributed by atoms with E-state index in [9.17, 15) is 9.90 Å². The van der Waals surface area contributed by atoms with Gasteiger partial charge in [-0.3, -0.25) is 4.79 Å². The zero-order valence-electron chi connectivity index (χ0n) is 6.04. The van der Waals surface area contributed by atoms with Crippen LogP contribution in [-0.4, -0.2) is 11.0 Å². The fourth-order valence-electron chi connectivity index (χ4n) is 1.28. The van der Waals surface area contributed by atoms with E-state index in [0.29, 0.717) is 15.6 Å². The van der Waals surface area contributed by atoms with Gasteiger partial charge in [-0.25, -0.2) is 0 Å². The lowest BCUT2D eigenvalue weighted by molar-refractivity contribution is 0.0850. The lowest BCUT2D eigenvalue weighted by Gasteiger charge is -2.01. The van der Waals surface area contributed by atoms with Gasteiger partial charge in [-0.2, -0.15) is 0 Å². The molecule has 4 heteroatoms. The van der Waals surface area contributed by atoms with E-state index in [2.05, 4.69) is 21.2 Å². The third-order valence-electron chi connectivity index (χ3n) is 1.84. The lowest BCUT2D eigenvalue weighted by atomic mass is 10.1. The fraction of sp³-hybridized carbons (Fsp3) is 0.125. The van der Waals surface area contributed by atoms with Crippen molar-refractivity contribution >= 4 is 21.8 Å². The van der Waals surface area contributed by atoms with Crippen molar-refractivity contribution in [2.75, 3.05) is 0 Å². The molecule has 1 aliphatic heterocycles. The number of nitrogens with one attached hydrogen (secondary N) is 1. The number of hydrogen-bond donors (Lipinski definition) is 2. The fourth-order valence-corrected chi connectivity index (χ4v) is 1.84. The molecule has 0 spiro atoms. The molecular weight excluding hydrogens is 222 g/mol. The summed E-state index contributed by atoms with van der Waals surface area (Å²) in [6.45, 7) is 0. The van der Waals surface area contributed by atoms with Crippen LogP contribution in [0.3, 0.4) is 0 Å². The first-order chi connectivity index (χ1) is 5.70. The Morgan fingerprint density at radius 1 is 1.50 bits per heavy atom. The molecular formula is C8H6BrNO2. The highest BCUT2D eigenvalue weighted by Gasteiger charge is 2.28. The topological polar surface area (TPSA) is 49.3 Å². The summed E-state index contributed by atoms with van der Waals surface area (Å²) in [5.74, 6) is -0.232. The Morgan fingerprint density at radius 3 is 2.92 bits per heavy atom. The second kappa shape index (κ2) is 2.57. The molecule has 0 saturated heterocycles. The van der Waals surface area contributed by atoms with E-state index in [1.807, 2.05) is 0 Å². The number of halogens is 1. The van der Waals surface area contributed by atoms with Crippen LogP contribution in [0.5, 0.6) is 0 Å². The van der Waals surface area contributed by atoms with Gasteiger partial charge in [-0.1, -0.05) is 12.1 Å². The molecule has 0 aliphatic carbocycles. The standard InChI is InChI=1S/C8H6BrNO2/c9-5-3-1-2-4-6(5)8(12)10-7(4)11/h1-3,7,11H,(H,10,12)/t7-/m1/s1. The van der Waals surface area contributed by atoms with E-state index in [0.717, 1.165) is 0 Å². The summed E-state index contributed by atoms with van der Waals surface area (Å²) in [5.41, 5.74) is 1.17. The Balaban J connectivity index is 2.67. The number of carbonyl (C=O) groups is 1. The highest BCUT2D eigenvalue weighted by atomic mass is 79.9. The minimum atomic E-state index is -0.856. The van der Waals surface area contributed by atoms with Crippen molar-refractivity contribution in [1.29, 1.82) is 0 Å². The number of rotatable bonds is 0. The van der Waals surface area contributed by atoms with E-state index in [1.54, 1.807) is 18.2 Å². The van der Waals surface area contributed by atoms with Gasteiger partial charge in [0.25, 0.3) is 5.91 Å². The van der Waals surface area contributed by atoms with Gasteiger partial charge < -0.3 is 10.4 Å². The third kappa shape index (κ3) is 0.956. The van der Waals surface area contributed by atoms with E-state index in [1.165, 1.54) is 0 Å². The van der Waals surface area contributed by atoms with E-state index < -0.39 is 6.23 Å². The Bertz CT molecular complexity index is 351. The van der Waals surface area contributed by atoms with Gasteiger partial charge in [0, 0.05) is 10.0 Å². The van der Waals surface area contributed by atoms with Crippen LogP contribution in [0, 0.1) is 0 Å². The predicted octanol–water partition coefficient (Wildman–Crippen LogP) is 1.18. The van der Waals surface area contributed by atoms with Crippen LogP contribution in [0.2, 0.25) is 0 Å². The lowest BCUT2D eigenvalue weighted by Crippen LogP contribution is -2.18. The van der Waals surface area contributed by atoms with Crippen molar-refractivity contribution < 1.29 is 9.90 Å². The third-order valence-corrected chi connectivity index (χ3v) is 2.50. The molecule has 0 radical (unpaired) electrons. The van der Waals surface area contributed by atoms with Gasteiger partial charge in [-0.15, -0.1) is 0 Å². The van der Waals surface area contributed by atoms with Crippen LogP contribution >= 0.6 is 15.9 Å². The summed E-state index contributed by atoms with van der Waals surface area (Å²) < 4.78 is 0.717. The van der Waals surface area contributed by atoms with Crippen LogP contribution in [0.1, 0.15) is 22.1 Å². The van der Waals surface area contributed by atoms with Gasteiger partial charge in [0.2, 0.25) is 0 Å². The Hall–Kier alpha value is -0.870. The first-order valence-corrected chi connectivity index (χ1v) is 4.27. The molecule has 1 aromatic carbocycles. The zero-order chi connectivity index (χ0) is 8.72. The Morgan fingerprint density at radius 2 is 2.25 bits per heavy atom. The molecule has 2 rings (SSSR count). The summed E-state index contributed by atoms with van der Waals surface area (Å²) in [4.78, 5) is 11.2. The van der Waals surface area contributed by atoms with Crippen molar-refractivity contribution in [3.63, 3.8) is 0 Å². The second-order valence-corrected chi connectivity index (χ2v) is 3.43. The smallest absolute Gasteiger partial charge is 0.255 e. The van der Waals surface area contributed by atoms with Crippen LogP contribution in [0.15, 0.2) is 22.7 Å². The molecule has 62 valence electrons. The number of fused-ring (bicyclic) bond motifs is 1. The maximum atomic E-state index is 11.2. The van der Waals surface area contributed by atoms with Crippen molar-refractivity contribution in [2.24, 2.45) is 0 Å². The maximum absolute atomic E-state index is 11.2. The minimum Gasteiger partial charge on any atom is -0.369 e. The molecule has 1 heterocycles. The van der Waals surface area contributed by atoms with E-state index in [-0.39, 0.29) is 5.91 Å². The minimum absolute atomic E-state index is 0.232. The summed E-state index contributed by atoms with van der Waals surface area (Å²) in [5, 5.41) is 11.7. The number of aliphatic hydroxyl groups excluding tert-OH is 1. The highest BCUT2D eigenvalue weighted by Crippen LogP contribution is 2.29. The molecule has 0 saturated carbocycles. The number of aliphatic hydroxyl groups is 1. The Kier molecular flexibility index (Phi) is 1.66. The first-order valence-electron chi connectivity index (χ1n) is 3.47. The summed E-state index contributed by atoms with van der Waals surface area (Å²) in [6, 6.07) is 5.28. The SMILES string of the molecule is O=C1N[C@H](O)c2cccc(Br)c21. The monoisotopic (exact) mass is 227 g/mol. The van der Waals surface area contributed by atoms with Crippen molar-refractivity contribution in [1.82, 2.24) is 5.32 Å². The molecule has 2 N–H and O–H groups in total. The van der Waals surface area contributed by atoms with Gasteiger partial charge in [-0.05, 0) is 22.0 Å². The van der Waals surface area contributed by atoms with Gasteiger partial charge in [0.05, 0.1) is 5.56 Å². The molecule has 0 unspecified atom stereocenters. The molecule has 1 aromatic rings. The summed E-state index contributed by atoms with van der Waals surface area (Å²) in [7, 11) is 0. The number of carbonyl (C=O) groups excluding carboxylic acids is 1. The van der Waals surface area contributed by atoms with Gasteiger partial charge >= 0.3 is 0 Å².